The van der Waals surface area contributed by atoms with Crippen molar-refractivity contribution < 1.29 is 23.5 Å². The Morgan fingerprint density at radius 1 is 1.42 bits per heavy atom. The van der Waals surface area contributed by atoms with Crippen LogP contribution in [0.3, 0.4) is 0 Å². The molecule has 1 atom stereocenters. The van der Waals surface area contributed by atoms with Gasteiger partial charge in [0.1, 0.15) is 12.8 Å². The molecule has 0 aliphatic rings. The van der Waals surface area contributed by atoms with E-state index in [1.165, 1.54) is 22.8 Å². The summed E-state index contributed by atoms with van der Waals surface area (Å²) < 4.78 is 29.6. The molecule has 0 saturated carbocycles. The summed E-state index contributed by atoms with van der Waals surface area (Å²) in [6.07, 6.45) is 2.00. The maximum absolute atomic E-state index is 12.4. The third kappa shape index (κ3) is 4.99. The largest absolute Gasteiger partial charge is 0.393 e. The van der Waals surface area contributed by atoms with Gasteiger partial charge in [0.25, 0.3) is 5.56 Å². The number of nitrogens with one attached hydrogen (secondary N) is 1. The molecule has 0 amide bonds. The molecule has 144 valence electrons. The first-order chi connectivity index (χ1) is 12.4. The van der Waals surface area contributed by atoms with E-state index in [4.69, 9.17) is 19.5 Å². The fourth-order valence-corrected chi connectivity index (χ4v) is 3.46. The van der Waals surface area contributed by atoms with Gasteiger partial charge in [0, 0.05) is 5.82 Å². The molecule has 26 heavy (non-hydrogen) atoms. The van der Waals surface area contributed by atoms with Gasteiger partial charge in [-0.2, -0.15) is 4.98 Å². The van der Waals surface area contributed by atoms with Gasteiger partial charge >= 0.3 is 7.60 Å². The van der Waals surface area contributed by atoms with Crippen molar-refractivity contribution in [1.29, 1.82) is 0 Å². The Morgan fingerprint density at radius 2 is 2.12 bits per heavy atom. The van der Waals surface area contributed by atoms with E-state index in [1.54, 1.807) is 13.8 Å². The number of nitrogens with two attached hydrogens (primary N) is 1. The van der Waals surface area contributed by atoms with Gasteiger partial charge in [-0.1, -0.05) is 0 Å². The SMILES string of the molecule is CCOP(=O)(/C=C/C(CO)OCn1cnc2c(=O)[nH]c(N)nc21)OCC. The first kappa shape index (κ1) is 20.3. The number of ether oxygens (including phenoxy) is 1. The Balaban J connectivity index is 2.10. The van der Waals surface area contributed by atoms with Gasteiger partial charge < -0.3 is 24.6 Å². The van der Waals surface area contributed by atoms with Gasteiger partial charge in [-0.15, -0.1) is 0 Å². The first-order valence-corrected chi connectivity index (χ1v) is 9.54. The average Bonchev–Trinajstić information content (AvgIpc) is 2.99. The van der Waals surface area contributed by atoms with Crippen LogP contribution < -0.4 is 11.3 Å². The molecule has 12 heteroatoms. The van der Waals surface area contributed by atoms with Crippen LogP contribution >= 0.6 is 7.60 Å². The molecule has 2 heterocycles. The van der Waals surface area contributed by atoms with E-state index < -0.39 is 19.3 Å². The van der Waals surface area contributed by atoms with Crippen LogP contribution in [0.25, 0.3) is 11.2 Å². The summed E-state index contributed by atoms with van der Waals surface area (Å²) in [5.74, 6) is 1.21. The molecule has 0 aliphatic heterocycles. The summed E-state index contributed by atoms with van der Waals surface area (Å²) in [4.78, 5) is 22.1. The average molecular weight is 387 g/mol. The number of anilines is 1. The lowest BCUT2D eigenvalue weighted by Crippen LogP contribution is -2.18. The lowest BCUT2D eigenvalue weighted by atomic mass is 10.4. The van der Waals surface area contributed by atoms with Crippen molar-refractivity contribution in [1.82, 2.24) is 19.5 Å². The third-order valence-corrected chi connectivity index (χ3v) is 4.98. The molecule has 0 fully saturated rings. The Kier molecular flexibility index (Phi) is 7.06. The molecule has 2 aromatic heterocycles. The fourth-order valence-electron chi connectivity index (χ4n) is 2.10. The first-order valence-electron chi connectivity index (χ1n) is 7.93. The van der Waals surface area contributed by atoms with E-state index in [-0.39, 0.29) is 43.7 Å². The second-order valence-corrected chi connectivity index (χ2v) is 6.97. The predicted octanol–water partition coefficient (Wildman–Crippen LogP) is 0.817. The molecule has 4 N–H and O–H groups in total. The van der Waals surface area contributed by atoms with E-state index in [0.717, 1.165) is 0 Å². The van der Waals surface area contributed by atoms with Crippen molar-refractivity contribution in [2.45, 2.75) is 26.7 Å². The van der Waals surface area contributed by atoms with Crippen LogP contribution in [0.5, 0.6) is 0 Å². The van der Waals surface area contributed by atoms with Gasteiger partial charge in [-0.25, -0.2) is 4.98 Å². The van der Waals surface area contributed by atoms with Gasteiger partial charge in [0.15, 0.2) is 11.2 Å². The van der Waals surface area contributed by atoms with Gasteiger partial charge in [0.05, 0.1) is 26.1 Å². The van der Waals surface area contributed by atoms with E-state index in [1.807, 2.05) is 0 Å². The molecular weight excluding hydrogens is 365 g/mol. The van der Waals surface area contributed by atoms with Gasteiger partial charge in [-0.05, 0) is 19.9 Å². The number of aromatic nitrogens is 4. The summed E-state index contributed by atoms with van der Waals surface area (Å²) in [5, 5.41) is 9.45. The van der Waals surface area contributed by atoms with E-state index in [2.05, 4.69) is 15.0 Å². The summed E-state index contributed by atoms with van der Waals surface area (Å²) in [7, 11) is -3.39. The summed E-state index contributed by atoms with van der Waals surface area (Å²) in [6, 6.07) is 0. The molecule has 0 saturated heterocycles. The number of aromatic amines is 1. The highest BCUT2D eigenvalue weighted by atomic mass is 31.2. The zero-order valence-corrected chi connectivity index (χ0v) is 15.4. The molecule has 0 bridgehead atoms. The van der Waals surface area contributed by atoms with Crippen molar-refractivity contribution in [2.24, 2.45) is 0 Å². The highest BCUT2D eigenvalue weighted by molar-refractivity contribution is 7.57. The van der Waals surface area contributed by atoms with Crippen molar-refractivity contribution >= 4 is 24.7 Å². The second-order valence-electron chi connectivity index (χ2n) is 5.07. The van der Waals surface area contributed by atoms with Crippen molar-refractivity contribution in [2.75, 3.05) is 25.6 Å². The number of imidazole rings is 1. The number of nitrogen functional groups attached to an aromatic ring is 1. The maximum atomic E-state index is 12.4. The Morgan fingerprint density at radius 3 is 2.73 bits per heavy atom. The van der Waals surface area contributed by atoms with Crippen LogP contribution in [-0.4, -0.2) is 50.6 Å². The molecule has 0 aliphatic carbocycles. The number of hydrogen-bond donors (Lipinski definition) is 3. The van der Waals surface area contributed by atoms with Gasteiger partial charge in [0.2, 0.25) is 5.95 Å². The minimum Gasteiger partial charge on any atom is -0.393 e. The van der Waals surface area contributed by atoms with Crippen LogP contribution in [0.2, 0.25) is 0 Å². The summed E-state index contributed by atoms with van der Waals surface area (Å²) in [5.41, 5.74) is 5.44. The second kappa shape index (κ2) is 9.06. The Hall–Kier alpha value is -2.04. The minimum atomic E-state index is -3.39. The minimum absolute atomic E-state index is 0.0442. The maximum Gasteiger partial charge on any atom is 0.353 e. The van der Waals surface area contributed by atoms with E-state index in [9.17, 15) is 14.5 Å². The lowest BCUT2D eigenvalue weighted by molar-refractivity contribution is 0.00465. The quantitative estimate of drug-likeness (QED) is 0.502. The number of fused-ring (bicyclic) bond motifs is 1. The normalized spacial score (nSPS) is 13.7. The number of rotatable bonds is 10. The Bertz CT molecular complexity index is 853. The van der Waals surface area contributed by atoms with Crippen LogP contribution in [0, 0.1) is 0 Å². The fraction of sp³-hybridized carbons (Fsp3) is 0.500. The monoisotopic (exact) mass is 387 g/mol. The zero-order chi connectivity index (χ0) is 19.2. The standard InChI is InChI=1S/C14H22N5O6P/c1-3-24-26(22,25-4-2)6-5-10(7-20)23-9-19-8-16-11-12(19)17-14(15)18-13(11)21/h5-6,8,10,20H,3-4,7,9H2,1-2H3,(H3,15,17,18,21)/b6-5+. The zero-order valence-electron chi connectivity index (χ0n) is 14.5. The lowest BCUT2D eigenvalue weighted by Gasteiger charge is -2.15. The highest BCUT2D eigenvalue weighted by Gasteiger charge is 2.20. The van der Waals surface area contributed by atoms with E-state index >= 15 is 0 Å². The van der Waals surface area contributed by atoms with Crippen LogP contribution in [0.4, 0.5) is 5.95 Å². The smallest absolute Gasteiger partial charge is 0.353 e. The van der Waals surface area contributed by atoms with Crippen LogP contribution in [0.15, 0.2) is 23.0 Å². The molecule has 2 rings (SSSR count). The molecule has 1 unspecified atom stereocenters. The molecule has 0 spiro atoms. The van der Waals surface area contributed by atoms with Crippen molar-refractivity contribution in [3.63, 3.8) is 0 Å². The van der Waals surface area contributed by atoms with Gasteiger partial charge in [-0.3, -0.25) is 18.9 Å². The van der Waals surface area contributed by atoms with Crippen LogP contribution in [0.1, 0.15) is 13.8 Å². The number of aliphatic hydroxyl groups is 1. The summed E-state index contributed by atoms with van der Waals surface area (Å²) >= 11 is 0. The third-order valence-electron chi connectivity index (χ3n) is 3.20. The van der Waals surface area contributed by atoms with Crippen molar-refractivity contribution in [3.8, 4) is 0 Å². The number of aliphatic hydroxyl groups excluding tert-OH is 1. The topological polar surface area (TPSA) is 155 Å². The molecule has 0 aromatic carbocycles. The predicted molar refractivity (Wildman–Crippen MR) is 94.5 cm³/mol. The number of nitrogens with zero attached hydrogens (tertiary/aromatic N) is 3. The molecular formula is C14H22N5O6P. The molecule has 0 radical (unpaired) electrons. The van der Waals surface area contributed by atoms with E-state index in [0.29, 0.717) is 0 Å². The summed E-state index contributed by atoms with van der Waals surface area (Å²) in [6.45, 7) is 3.41. The highest BCUT2D eigenvalue weighted by Crippen LogP contribution is 2.49. The number of hydrogen-bond acceptors (Lipinski definition) is 9. The Labute approximate surface area is 149 Å². The van der Waals surface area contributed by atoms with Crippen molar-refractivity contribution in [3.05, 3.63) is 28.6 Å². The molecule has 11 nitrogen and oxygen atoms in total. The number of H-pyrrole nitrogens is 1. The molecule has 2 aromatic rings. The van der Waals surface area contributed by atoms with Crippen LogP contribution in [-0.2, 0) is 25.1 Å².